The average Bonchev–Trinajstić information content (AvgIpc) is 2.81. The first kappa shape index (κ1) is 16.2. The van der Waals surface area contributed by atoms with Crippen molar-refractivity contribution in [2.45, 2.75) is 20.8 Å². The molecule has 0 aliphatic rings. The number of nitrogens with zero attached hydrogens (tertiary/aromatic N) is 2. The number of carbonyl (C=O) groups is 2. The van der Waals surface area contributed by atoms with Crippen molar-refractivity contribution >= 4 is 17.8 Å². The molecule has 7 heteroatoms. The van der Waals surface area contributed by atoms with Gasteiger partial charge in [-0.05, 0) is 13.5 Å². The van der Waals surface area contributed by atoms with Crippen LogP contribution in [0.4, 0.5) is 5.88 Å². The number of rotatable bonds is 7. The van der Waals surface area contributed by atoms with Crippen LogP contribution in [0.25, 0.3) is 0 Å². The zero-order valence-corrected chi connectivity index (χ0v) is 12.3. The van der Waals surface area contributed by atoms with E-state index in [0.29, 0.717) is 24.7 Å². The van der Waals surface area contributed by atoms with Crippen molar-refractivity contribution in [3.05, 3.63) is 11.8 Å². The normalized spacial score (nSPS) is 12.2. The molecule has 0 aliphatic carbocycles. The molecular formula is C13H21N3O4. The first-order chi connectivity index (χ1) is 9.46. The summed E-state index contributed by atoms with van der Waals surface area (Å²) in [4.78, 5) is 25.1. The number of esters is 1. The summed E-state index contributed by atoms with van der Waals surface area (Å²) in [6, 6.07) is 1.64. The van der Waals surface area contributed by atoms with Crippen molar-refractivity contribution in [2.75, 3.05) is 32.1 Å². The molecule has 0 saturated carbocycles. The number of ether oxygens (including phenoxy) is 1. The second-order valence-electron chi connectivity index (χ2n) is 4.63. The Morgan fingerprint density at radius 2 is 2.25 bits per heavy atom. The molecule has 0 aromatic carbocycles. The molecule has 1 aromatic rings. The molecule has 0 aliphatic heterocycles. The molecule has 1 rings (SSSR count). The standard InChI is InChI=1S/C13H21N3O4/c1-5-16(7-9(2)13(18)19-4)8-11(17)14-12-6-10(3)15-20-12/h6,9H,5,7-8H2,1-4H3,(H,14,17)/t9-/m0/s1. The number of methoxy groups -OCH3 is 1. The summed E-state index contributed by atoms with van der Waals surface area (Å²) in [5.41, 5.74) is 0.701. The number of likely N-dealkylation sites (N-methyl/N-ethyl adjacent to an activating group) is 1. The Kier molecular flexibility index (Phi) is 6.17. The van der Waals surface area contributed by atoms with Crippen molar-refractivity contribution in [1.29, 1.82) is 0 Å². The van der Waals surface area contributed by atoms with Crippen LogP contribution >= 0.6 is 0 Å². The third-order valence-corrected chi connectivity index (χ3v) is 2.84. The summed E-state index contributed by atoms with van der Waals surface area (Å²) in [6.07, 6.45) is 0. The highest BCUT2D eigenvalue weighted by atomic mass is 16.5. The Balaban J connectivity index is 2.47. The Bertz CT molecular complexity index is 458. The van der Waals surface area contributed by atoms with Crippen molar-refractivity contribution in [3.8, 4) is 0 Å². The van der Waals surface area contributed by atoms with Crippen molar-refractivity contribution in [1.82, 2.24) is 10.1 Å². The highest BCUT2D eigenvalue weighted by Gasteiger charge is 2.19. The second-order valence-corrected chi connectivity index (χ2v) is 4.63. The minimum Gasteiger partial charge on any atom is -0.469 e. The zero-order valence-electron chi connectivity index (χ0n) is 12.3. The van der Waals surface area contributed by atoms with Gasteiger partial charge in [0.1, 0.15) is 0 Å². The predicted molar refractivity (Wildman–Crippen MR) is 73.2 cm³/mol. The van der Waals surface area contributed by atoms with Crippen LogP contribution in [0.2, 0.25) is 0 Å². The number of hydrogen-bond donors (Lipinski definition) is 1. The van der Waals surface area contributed by atoms with Gasteiger partial charge >= 0.3 is 5.97 Å². The molecule has 1 aromatic heterocycles. The lowest BCUT2D eigenvalue weighted by Crippen LogP contribution is -2.38. The molecule has 1 heterocycles. The molecule has 0 radical (unpaired) electrons. The lowest BCUT2D eigenvalue weighted by molar-refractivity contribution is -0.145. The second kappa shape index (κ2) is 7.64. The maximum absolute atomic E-state index is 11.9. The molecule has 0 saturated heterocycles. The molecule has 7 nitrogen and oxygen atoms in total. The topological polar surface area (TPSA) is 84.7 Å². The van der Waals surface area contributed by atoms with Gasteiger partial charge in [-0.2, -0.15) is 0 Å². The van der Waals surface area contributed by atoms with Gasteiger partial charge in [0.25, 0.3) is 0 Å². The van der Waals surface area contributed by atoms with Crippen LogP contribution in [0.15, 0.2) is 10.6 Å². The van der Waals surface area contributed by atoms with E-state index in [9.17, 15) is 9.59 Å². The number of aryl methyl sites for hydroxylation is 1. The number of amides is 1. The Labute approximate surface area is 118 Å². The quantitative estimate of drug-likeness (QED) is 0.753. The number of aromatic nitrogens is 1. The molecule has 112 valence electrons. The van der Waals surface area contributed by atoms with Gasteiger partial charge in [0, 0.05) is 12.6 Å². The Hall–Kier alpha value is -1.89. The van der Waals surface area contributed by atoms with Gasteiger partial charge in [0.2, 0.25) is 11.8 Å². The SMILES string of the molecule is CCN(CC(=O)Nc1cc(C)no1)C[C@H](C)C(=O)OC. The highest BCUT2D eigenvalue weighted by molar-refractivity contribution is 5.91. The van der Waals surface area contributed by atoms with Gasteiger partial charge in [-0.3, -0.25) is 19.8 Å². The molecule has 1 amide bonds. The maximum atomic E-state index is 11.9. The smallest absolute Gasteiger partial charge is 0.309 e. The summed E-state index contributed by atoms with van der Waals surface area (Å²) >= 11 is 0. The van der Waals surface area contributed by atoms with Crippen LogP contribution in [0.5, 0.6) is 0 Å². The Morgan fingerprint density at radius 3 is 2.75 bits per heavy atom. The van der Waals surface area contributed by atoms with E-state index < -0.39 is 0 Å². The van der Waals surface area contributed by atoms with Gasteiger partial charge in [-0.15, -0.1) is 0 Å². The zero-order chi connectivity index (χ0) is 15.1. The summed E-state index contributed by atoms with van der Waals surface area (Å²) in [5, 5.41) is 6.31. The first-order valence-corrected chi connectivity index (χ1v) is 6.49. The first-order valence-electron chi connectivity index (χ1n) is 6.49. The van der Waals surface area contributed by atoms with E-state index in [2.05, 4.69) is 15.2 Å². The lowest BCUT2D eigenvalue weighted by atomic mass is 10.1. The third kappa shape index (κ3) is 5.00. The fourth-order valence-corrected chi connectivity index (χ4v) is 1.77. The van der Waals surface area contributed by atoms with Crippen LogP contribution in [0, 0.1) is 12.8 Å². The maximum Gasteiger partial charge on any atom is 0.309 e. The number of carbonyl (C=O) groups excluding carboxylic acids is 2. The fourth-order valence-electron chi connectivity index (χ4n) is 1.77. The van der Waals surface area contributed by atoms with E-state index in [1.165, 1.54) is 7.11 Å². The molecule has 1 atom stereocenters. The van der Waals surface area contributed by atoms with E-state index in [1.807, 2.05) is 11.8 Å². The minimum atomic E-state index is -0.283. The molecule has 0 fully saturated rings. The summed E-state index contributed by atoms with van der Waals surface area (Å²) in [5.74, 6) is -0.445. The lowest BCUT2D eigenvalue weighted by Gasteiger charge is -2.22. The average molecular weight is 283 g/mol. The van der Waals surface area contributed by atoms with E-state index in [1.54, 1.807) is 19.9 Å². The van der Waals surface area contributed by atoms with Crippen LogP contribution in [-0.2, 0) is 14.3 Å². The van der Waals surface area contributed by atoms with E-state index in [0.717, 1.165) is 0 Å². The van der Waals surface area contributed by atoms with Crippen molar-refractivity contribution in [3.63, 3.8) is 0 Å². The van der Waals surface area contributed by atoms with Crippen molar-refractivity contribution in [2.24, 2.45) is 5.92 Å². The van der Waals surface area contributed by atoms with Gasteiger partial charge < -0.3 is 9.26 Å². The largest absolute Gasteiger partial charge is 0.469 e. The monoisotopic (exact) mass is 283 g/mol. The van der Waals surface area contributed by atoms with Crippen LogP contribution in [-0.4, -0.2) is 48.7 Å². The van der Waals surface area contributed by atoms with E-state index in [4.69, 9.17) is 4.52 Å². The minimum absolute atomic E-state index is 0.178. The van der Waals surface area contributed by atoms with Gasteiger partial charge in [-0.25, -0.2) is 0 Å². The number of nitrogens with one attached hydrogen (secondary N) is 1. The summed E-state index contributed by atoms with van der Waals surface area (Å²) in [6.45, 7) is 6.77. The van der Waals surface area contributed by atoms with Crippen LogP contribution in [0.1, 0.15) is 19.5 Å². The fraction of sp³-hybridized carbons (Fsp3) is 0.615. The van der Waals surface area contributed by atoms with Crippen molar-refractivity contribution < 1.29 is 18.8 Å². The highest BCUT2D eigenvalue weighted by Crippen LogP contribution is 2.08. The number of anilines is 1. The molecule has 0 unspecified atom stereocenters. The number of hydrogen-bond acceptors (Lipinski definition) is 6. The molecule has 0 spiro atoms. The molecule has 20 heavy (non-hydrogen) atoms. The summed E-state index contributed by atoms with van der Waals surface area (Å²) < 4.78 is 9.58. The van der Waals surface area contributed by atoms with E-state index in [-0.39, 0.29) is 24.3 Å². The predicted octanol–water partition coefficient (Wildman–Crippen LogP) is 1.05. The molecule has 1 N–H and O–H groups in total. The van der Waals surface area contributed by atoms with Crippen LogP contribution < -0.4 is 5.32 Å². The molecule has 0 bridgehead atoms. The van der Waals surface area contributed by atoms with Gasteiger partial charge in [0.05, 0.1) is 25.3 Å². The Morgan fingerprint density at radius 1 is 1.55 bits per heavy atom. The molecular weight excluding hydrogens is 262 g/mol. The van der Waals surface area contributed by atoms with Gasteiger partial charge in [0.15, 0.2) is 0 Å². The summed E-state index contributed by atoms with van der Waals surface area (Å²) in [7, 11) is 1.36. The van der Waals surface area contributed by atoms with Gasteiger partial charge in [-0.1, -0.05) is 19.0 Å². The van der Waals surface area contributed by atoms with E-state index >= 15 is 0 Å². The van der Waals surface area contributed by atoms with Crippen LogP contribution in [0.3, 0.4) is 0 Å². The third-order valence-electron chi connectivity index (χ3n) is 2.84.